The van der Waals surface area contributed by atoms with E-state index in [1.807, 2.05) is 72.8 Å². The Balaban J connectivity index is 1.88. The Morgan fingerprint density at radius 2 is 1.52 bits per heavy atom. The molecule has 0 bridgehead atoms. The molecule has 31 heavy (non-hydrogen) atoms. The minimum atomic E-state index is -0.406. The number of amides is 1. The number of halogens is 1. The molecular weight excluding hydrogens is 408 g/mol. The van der Waals surface area contributed by atoms with Gasteiger partial charge in [0.25, 0.3) is 5.91 Å². The number of aromatic nitrogens is 1. The van der Waals surface area contributed by atoms with Gasteiger partial charge in [0.05, 0.1) is 22.9 Å². The van der Waals surface area contributed by atoms with Gasteiger partial charge in [-0.1, -0.05) is 84.4 Å². The van der Waals surface area contributed by atoms with Crippen LogP contribution in [0.2, 0.25) is 5.02 Å². The van der Waals surface area contributed by atoms with Crippen LogP contribution in [-0.4, -0.2) is 10.9 Å². The number of carbonyl (C=O) groups is 1. The van der Waals surface area contributed by atoms with Gasteiger partial charge >= 0.3 is 0 Å². The molecule has 0 aliphatic heterocycles. The molecule has 0 fully saturated rings. The molecule has 1 N–H and O–H groups in total. The van der Waals surface area contributed by atoms with E-state index in [1.54, 1.807) is 24.0 Å². The predicted octanol–water partition coefficient (Wildman–Crippen LogP) is 5.85. The van der Waals surface area contributed by atoms with Crippen molar-refractivity contribution in [3.05, 3.63) is 123 Å². The summed E-state index contributed by atoms with van der Waals surface area (Å²) in [5.74, 6) is -0.406. The maximum absolute atomic E-state index is 13.9. The SMILES string of the molecule is Cc1cc(=O)c(C(=O)N(Cc2ccccc2)c2ccccc2Cl)c(-c2ccccc2)[nH]1. The molecule has 0 atom stereocenters. The number of hydrogen-bond donors (Lipinski definition) is 1. The first kappa shape index (κ1) is 20.6. The van der Waals surface area contributed by atoms with E-state index in [0.29, 0.717) is 22.1 Å². The molecule has 0 unspecified atom stereocenters. The van der Waals surface area contributed by atoms with Gasteiger partial charge in [-0.2, -0.15) is 0 Å². The number of pyridine rings is 1. The van der Waals surface area contributed by atoms with Crippen LogP contribution in [0.25, 0.3) is 11.3 Å². The highest BCUT2D eigenvalue weighted by atomic mass is 35.5. The number of para-hydroxylation sites is 1. The normalized spacial score (nSPS) is 10.6. The quantitative estimate of drug-likeness (QED) is 0.433. The third-order valence-corrected chi connectivity index (χ3v) is 5.33. The highest BCUT2D eigenvalue weighted by Crippen LogP contribution is 2.30. The minimum absolute atomic E-state index is 0.0904. The molecule has 4 aromatic rings. The van der Waals surface area contributed by atoms with Crippen molar-refractivity contribution in [1.29, 1.82) is 0 Å². The molecule has 5 heteroatoms. The van der Waals surface area contributed by atoms with Gasteiger partial charge in [0.2, 0.25) is 0 Å². The van der Waals surface area contributed by atoms with E-state index in [-0.39, 0.29) is 17.5 Å². The number of nitrogens with one attached hydrogen (secondary N) is 1. The lowest BCUT2D eigenvalue weighted by Crippen LogP contribution is -2.35. The fourth-order valence-electron chi connectivity index (χ4n) is 3.56. The van der Waals surface area contributed by atoms with Crippen molar-refractivity contribution in [2.24, 2.45) is 0 Å². The summed E-state index contributed by atoms with van der Waals surface area (Å²) < 4.78 is 0. The lowest BCUT2D eigenvalue weighted by atomic mass is 10.0. The topological polar surface area (TPSA) is 53.2 Å². The van der Waals surface area contributed by atoms with Crippen LogP contribution in [0.15, 0.2) is 95.8 Å². The minimum Gasteiger partial charge on any atom is -0.358 e. The molecule has 0 aliphatic rings. The lowest BCUT2D eigenvalue weighted by Gasteiger charge is -2.25. The van der Waals surface area contributed by atoms with E-state index in [4.69, 9.17) is 11.6 Å². The smallest absolute Gasteiger partial charge is 0.264 e. The summed E-state index contributed by atoms with van der Waals surface area (Å²) in [5.41, 5.74) is 3.20. The number of anilines is 1. The summed E-state index contributed by atoms with van der Waals surface area (Å²) in [4.78, 5) is 31.7. The van der Waals surface area contributed by atoms with Gasteiger partial charge < -0.3 is 9.88 Å². The zero-order valence-electron chi connectivity index (χ0n) is 17.0. The Morgan fingerprint density at radius 1 is 0.903 bits per heavy atom. The Morgan fingerprint density at radius 3 is 2.19 bits per heavy atom. The van der Waals surface area contributed by atoms with Gasteiger partial charge in [0, 0.05) is 11.8 Å². The van der Waals surface area contributed by atoms with Gasteiger partial charge in [-0.15, -0.1) is 0 Å². The molecule has 0 spiro atoms. The second kappa shape index (κ2) is 9.02. The number of rotatable bonds is 5. The van der Waals surface area contributed by atoms with Crippen LogP contribution in [0.1, 0.15) is 21.6 Å². The molecule has 0 radical (unpaired) electrons. The molecule has 154 valence electrons. The molecule has 1 amide bonds. The zero-order valence-corrected chi connectivity index (χ0v) is 17.8. The number of carbonyl (C=O) groups excluding carboxylic acids is 1. The predicted molar refractivity (Wildman–Crippen MR) is 126 cm³/mol. The summed E-state index contributed by atoms with van der Waals surface area (Å²) in [6, 6.07) is 27.6. The highest BCUT2D eigenvalue weighted by molar-refractivity contribution is 6.34. The van der Waals surface area contributed by atoms with Crippen LogP contribution in [0.5, 0.6) is 0 Å². The van der Waals surface area contributed by atoms with E-state index in [0.717, 1.165) is 11.1 Å². The Kier molecular flexibility index (Phi) is 6.01. The average molecular weight is 429 g/mol. The van der Waals surface area contributed by atoms with Crippen LogP contribution in [0.3, 0.4) is 0 Å². The number of hydrogen-bond acceptors (Lipinski definition) is 2. The van der Waals surface area contributed by atoms with Crippen molar-refractivity contribution < 1.29 is 4.79 Å². The Hall–Kier alpha value is -3.63. The van der Waals surface area contributed by atoms with Crippen molar-refractivity contribution in [3.8, 4) is 11.3 Å². The highest BCUT2D eigenvalue weighted by Gasteiger charge is 2.26. The number of benzene rings is 3. The number of aromatic amines is 1. The number of H-pyrrole nitrogens is 1. The molecular formula is C26H21ClN2O2. The van der Waals surface area contributed by atoms with Gasteiger partial charge in [0.1, 0.15) is 5.56 Å². The first-order chi connectivity index (χ1) is 15.0. The maximum Gasteiger partial charge on any atom is 0.264 e. The zero-order chi connectivity index (χ0) is 21.8. The first-order valence-electron chi connectivity index (χ1n) is 9.94. The molecule has 4 rings (SSSR count). The summed E-state index contributed by atoms with van der Waals surface area (Å²) in [5, 5.41) is 0.441. The van der Waals surface area contributed by atoms with Crippen LogP contribution < -0.4 is 10.3 Å². The standard InChI is InChI=1S/C26H21ClN2O2/c1-18-16-23(30)24(25(28-18)20-12-6-3-7-13-20)26(31)29(17-19-10-4-2-5-11-19)22-15-9-8-14-21(22)27/h2-16H,17H2,1H3,(H,28,30). The summed E-state index contributed by atoms with van der Waals surface area (Å²) >= 11 is 6.46. The molecule has 0 saturated heterocycles. The fourth-order valence-corrected chi connectivity index (χ4v) is 3.80. The van der Waals surface area contributed by atoms with Gasteiger partial charge in [-0.3, -0.25) is 9.59 Å². The fraction of sp³-hybridized carbons (Fsp3) is 0.0769. The maximum atomic E-state index is 13.9. The Bertz CT molecular complexity index is 1270. The molecule has 1 heterocycles. The largest absolute Gasteiger partial charge is 0.358 e. The van der Waals surface area contributed by atoms with Crippen molar-refractivity contribution in [1.82, 2.24) is 4.98 Å². The van der Waals surface area contributed by atoms with Crippen molar-refractivity contribution in [2.45, 2.75) is 13.5 Å². The summed E-state index contributed by atoms with van der Waals surface area (Å²) in [7, 11) is 0. The van der Waals surface area contributed by atoms with Crippen LogP contribution in [-0.2, 0) is 6.54 Å². The molecule has 3 aromatic carbocycles. The molecule has 4 nitrogen and oxygen atoms in total. The van der Waals surface area contributed by atoms with Crippen LogP contribution in [0.4, 0.5) is 5.69 Å². The van der Waals surface area contributed by atoms with E-state index in [9.17, 15) is 9.59 Å². The molecule has 0 saturated carbocycles. The van der Waals surface area contributed by atoms with Gasteiger partial charge in [-0.05, 0) is 30.2 Å². The van der Waals surface area contributed by atoms with E-state index in [2.05, 4.69) is 4.98 Å². The first-order valence-corrected chi connectivity index (χ1v) is 10.3. The Labute approximate surface area is 185 Å². The molecule has 1 aromatic heterocycles. The molecule has 0 aliphatic carbocycles. The summed E-state index contributed by atoms with van der Waals surface area (Å²) in [6.07, 6.45) is 0. The second-order valence-corrected chi connectivity index (χ2v) is 7.67. The monoisotopic (exact) mass is 428 g/mol. The van der Waals surface area contributed by atoms with Gasteiger partial charge in [0.15, 0.2) is 5.43 Å². The van der Waals surface area contributed by atoms with E-state index in [1.165, 1.54) is 6.07 Å². The lowest BCUT2D eigenvalue weighted by molar-refractivity contribution is 0.0984. The summed E-state index contributed by atoms with van der Waals surface area (Å²) in [6.45, 7) is 2.09. The van der Waals surface area contributed by atoms with E-state index >= 15 is 0 Å². The third kappa shape index (κ3) is 4.44. The van der Waals surface area contributed by atoms with Crippen molar-refractivity contribution in [2.75, 3.05) is 4.90 Å². The number of aryl methyl sites for hydroxylation is 1. The van der Waals surface area contributed by atoms with Crippen molar-refractivity contribution >= 4 is 23.2 Å². The van der Waals surface area contributed by atoms with Crippen molar-refractivity contribution in [3.63, 3.8) is 0 Å². The number of nitrogens with zero attached hydrogens (tertiary/aromatic N) is 1. The van der Waals surface area contributed by atoms with Crippen LogP contribution in [0, 0.1) is 6.92 Å². The van der Waals surface area contributed by atoms with Crippen LogP contribution >= 0.6 is 11.6 Å². The average Bonchev–Trinajstić information content (AvgIpc) is 2.78. The van der Waals surface area contributed by atoms with Gasteiger partial charge in [-0.25, -0.2) is 0 Å². The van der Waals surface area contributed by atoms with E-state index < -0.39 is 5.91 Å². The third-order valence-electron chi connectivity index (χ3n) is 5.01. The second-order valence-electron chi connectivity index (χ2n) is 7.26.